The molecule has 0 heterocycles. The number of hydrogen-bond acceptors (Lipinski definition) is 1. The third-order valence-corrected chi connectivity index (χ3v) is 3.81. The average molecular weight is 356 g/mol. The quantitative estimate of drug-likeness (QED) is 0.769. The van der Waals surface area contributed by atoms with Crippen molar-refractivity contribution in [2.24, 2.45) is 0 Å². The van der Waals surface area contributed by atoms with Crippen LogP contribution in [0.15, 0.2) is 18.2 Å². The molecule has 0 aromatic heterocycles. The van der Waals surface area contributed by atoms with Crippen molar-refractivity contribution >= 4 is 20.6 Å². The fourth-order valence-corrected chi connectivity index (χ4v) is 3.37. The van der Waals surface area contributed by atoms with Crippen molar-refractivity contribution in [2.45, 2.75) is 0 Å². The number of carboxylic acid groups (broad SMARTS) is 1. The van der Waals surface area contributed by atoms with E-state index in [1.165, 1.54) is 0 Å². The van der Waals surface area contributed by atoms with Crippen molar-refractivity contribution in [3.63, 3.8) is 0 Å². The second-order valence-corrected chi connectivity index (χ2v) is 5.50. The molecule has 0 unspecified atom stereocenters. The number of halogens is 1. The summed E-state index contributed by atoms with van der Waals surface area (Å²) in [5.74, 6) is -0.869. The predicted octanol–water partition coefficient (Wildman–Crippen LogP) is 1.21. The Hall–Kier alpha value is -0.0849. The van der Waals surface area contributed by atoms with Gasteiger partial charge in [-0.05, 0) is 0 Å². The topological polar surface area (TPSA) is 37.3 Å². The first kappa shape index (κ1) is 9.01. The van der Waals surface area contributed by atoms with Crippen LogP contribution in [0.25, 0.3) is 0 Å². The standard InChI is InChI=1S/C7H4ClO2.Hg/c8-6-3-1-5(2-4-6)7(9)10;/h1,3-4H,(H,9,10);. The van der Waals surface area contributed by atoms with Gasteiger partial charge in [0.25, 0.3) is 0 Å². The van der Waals surface area contributed by atoms with Gasteiger partial charge in [-0.15, -0.1) is 0 Å². The van der Waals surface area contributed by atoms with E-state index in [1.54, 1.807) is 18.2 Å². The normalized spacial score (nSPS) is 9.73. The first-order valence-electron chi connectivity index (χ1n) is 2.96. The van der Waals surface area contributed by atoms with Crippen LogP contribution < -0.4 is 3.07 Å². The molecular formula is C7H4ClHgO2. The second-order valence-electron chi connectivity index (χ2n) is 2.11. The van der Waals surface area contributed by atoms with Crippen molar-refractivity contribution in [1.29, 1.82) is 0 Å². The van der Waals surface area contributed by atoms with Crippen molar-refractivity contribution in [3.8, 4) is 0 Å². The van der Waals surface area contributed by atoms with Gasteiger partial charge in [0.2, 0.25) is 0 Å². The number of carboxylic acids is 1. The third kappa shape index (κ3) is 2.17. The van der Waals surface area contributed by atoms with Gasteiger partial charge in [-0.2, -0.15) is 0 Å². The van der Waals surface area contributed by atoms with E-state index in [1.807, 2.05) is 0 Å². The molecular weight excluding hydrogens is 352 g/mol. The molecule has 0 amide bonds. The Bertz CT molecular complexity index is 298. The van der Waals surface area contributed by atoms with Gasteiger partial charge in [0.1, 0.15) is 0 Å². The van der Waals surface area contributed by atoms with Gasteiger partial charge in [0.15, 0.2) is 0 Å². The van der Waals surface area contributed by atoms with Gasteiger partial charge in [0.05, 0.1) is 0 Å². The van der Waals surface area contributed by atoms with E-state index < -0.39 is 5.97 Å². The van der Waals surface area contributed by atoms with E-state index in [-0.39, 0.29) is 0 Å². The van der Waals surface area contributed by atoms with E-state index in [0.29, 0.717) is 36.7 Å². The molecule has 0 saturated heterocycles. The minimum absolute atomic E-state index is 0.302. The van der Waals surface area contributed by atoms with E-state index in [9.17, 15) is 4.79 Å². The summed E-state index contributed by atoms with van der Waals surface area (Å²) in [6.07, 6.45) is 0. The molecule has 0 aliphatic carbocycles. The molecule has 4 heteroatoms. The van der Waals surface area contributed by atoms with Gasteiger partial charge in [0, 0.05) is 0 Å². The fourth-order valence-electron chi connectivity index (χ4n) is 0.771. The van der Waals surface area contributed by atoms with E-state index in [4.69, 9.17) is 16.7 Å². The van der Waals surface area contributed by atoms with Crippen LogP contribution in [0.2, 0.25) is 5.02 Å². The first-order valence-corrected chi connectivity index (χ1v) is 6.09. The summed E-state index contributed by atoms with van der Waals surface area (Å²) < 4.78 is 0.880. The molecule has 1 rings (SSSR count). The number of aromatic carboxylic acids is 1. The molecule has 0 fully saturated rings. The molecule has 0 bridgehead atoms. The molecule has 0 atom stereocenters. The Morgan fingerprint density at radius 3 is 2.64 bits per heavy atom. The molecule has 0 spiro atoms. The summed E-state index contributed by atoms with van der Waals surface area (Å²) in [7, 11) is 0. The maximum atomic E-state index is 10.5. The minimum atomic E-state index is -0.869. The molecule has 11 heavy (non-hydrogen) atoms. The molecule has 0 aliphatic rings. The maximum absolute atomic E-state index is 10.5. The van der Waals surface area contributed by atoms with E-state index in [2.05, 4.69) is 0 Å². The third-order valence-electron chi connectivity index (χ3n) is 1.30. The van der Waals surface area contributed by atoms with Crippen LogP contribution in [0, 0.1) is 0 Å². The van der Waals surface area contributed by atoms with Crippen LogP contribution in [0.5, 0.6) is 0 Å². The Kier molecular flexibility index (Phi) is 2.90. The molecule has 53 valence electrons. The van der Waals surface area contributed by atoms with E-state index >= 15 is 0 Å². The molecule has 1 N–H and O–H groups in total. The SMILES string of the molecule is O=C(O)c1ccc(Cl)c[c]1[Hg]. The van der Waals surface area contributed by atoms with Crippen LogP contribution in [0.3, 0.4) is 0 Å². The van der Waals surface area contributed by atoms with Crippen LogP contribution in [0.1, 0.15) is 10.4 Å². The number of hydrogen-bond donors (Lipinski definition) is 1. The predicted molar refractivity (Wildman–Crippen MR) is 38.0 cm³/mol. The monoisotopic (exact) mass is 357 g/mol. The zero-order valence-electron chi connectivity index (χ0n) is 5.67. The summed E-state index contributed by atoms with van der Waals surface area (Å²) in [5.41, 5.74) is 0.387. The number of benzene rings is 1. The summed E-state index contributed by atoms with van der Waals surface area (Å²) in [6, 6.07) is 4.86. The van der Waals surface area contributed by atoms with Gasteiger partial charge in [-0.3, -0.25) is 0 Å². The summed E-state index contributed by atoms with van der Waals surface area (Å²) >= 11 is 5.96. The average Bonchev–Trinajstić information content (AvgIpc) is 1.85. The summed E-state index contributed by atoms with van der Waals surface area (Å²) in [4.78, 5) is 10.5. The molecule has 1 aromatic carbocycles. The molecule has 0 aliphatic heterocycles. The Morgan fingerprint density at radius 2 is 2.18 bits per heavy atom. The number of carbonyl (C=O) groups is 1. The van der Waals surface area contributed by atoms with Crippen LogP contribution >= 0.6 is 11.6 Å². The zero-order chi connectivity index (χ0) is 8.43. The van der Waals surface area contributed by atoms with Gasteiger partial charge in [-0.25, -0.2) is 0 Å². The molecule has 2 nitrogen and oxygen atoms in total. The molecule has 1 aromatic rings. The van der Waals surface area contributed by atoms with Crippen molar-refractivity contribution < 1.29 is 36.0 Å². The zero-order valence-corrected chi connectivity index (χ0v) is 11.9. The molecule has 0 saturated carbocycles. The van der Waals surface area contributed by atoms with Crippen molar-refractivity contribution in [2.75, 3.05) is 0 Å². The Morgan fingerprint density at radius 1 is 1.55 bits per heavy atom. The van der Waals surface area contributed by atoms with Crippen LogP contribution in [-0.4, -0.2) is 11.1 Å². The fraction of sp³-hybridized carbons (Fsp3) is 0. The van der Waals surface area contributed by atoms with Gasteiger partial charge >= 0.3 is 85.5 Å². The van der Waals surface area contributed by atoms with Gasteiger partial charge in [-0.1, -0.05) is 0 Å². The van der Waals surface area contributed by atoms with Crippen LogP contribution in [0.4, 0.5) is 0 Å². The van der Waals surface area contributed by atoms with Crippen molar-refractivity contribution in [1.82, 2.24) is 0 Å². The second kappa shape index (κ2) is 3.54. The molecule has 0 radical (unpaired) electrons. The van der Waals surface area contributed by atoms with Gasteiger partial charge < -0.3 is 0 Å². The number of rotatable bonds is 1. The van der Waals surface area contributed by atoms with Crippen molar-refractivity contribution in [3.05, 3.63) is 28.8 Å². The Balaban J connectivity index is 3.20. The van der Waals surface area contributed by atoms with E-state index in [0.717, 1.165) is 3.07 Å². The summed E-state index contributed by atoms with van der Waals surface area (Å²) in [6.45, 7) is 0. The first-order chi connectivity index (χ1) is 5.11. The summed E-state index contributed by atoms with van der Waals surface area (Å²) in [5, 5.41) is 9.26. The Labute approximate surface area is 85.1 Å². The van der Waals surface area contributed by atoms with Crippen LogP contribution in [-0.2, 0) is 26.1 Å².